The molecule has 0 saturated carbocycles. The summed E-state index contributed by atoms with van der Waals surface area (Å²) < 4.78 is 2.01. The van der Waals surface area contributed by atoms with Crippen LogP contribution in [0, 0.1) is 5.92 Å². The van der Waals surface area contributed by atoms with Crippen molar-refractivity contribution in [2.75, 3.05) is 11.4 Å². The lowest BCUT2D eigenvalue weighted by Gasteiger charge is -2.20. The molecule has 2 fully saturated rings. The van der Waals surface area contributed by atoms with Crippen LogP contribution in [0.4, 0.5) is 5.95 Å². The van der Waals surface area contributed by atoms with Crippen LogP contribution in [0.5, 0.6) is 0 Å². The van der Waals surface area contributed by atoms with Crippen molar-refractivity contribution in [3.05, 3.63) is 23.8 Å². The van der Waals surface area contributed by atoms with Crippen LogP contribution in [0.2, 0.25) is 0 Å². The highest BCUT2D eigenvalue weighted by Crippen LogP contribution is 2.33. The molecule has 7 nitrogen and oxygen atoms in total. The number of amides is 2. The lowest BCUT2D eigenvalue weighted by atomic mass is 10.2. The Morgan fingerprint density at radius 3 is 2.85 bits per heavy atom. The van der Waals surface area contributed by atoms with E-state index in [-0.39, 0.29) is 11.9 Å². The lowest BCUT2D eigenvalue weighted by Crippen LogP contribution is -2.35. The fraction of sp³-hybridized carbons (Fsp3) is 0.444. The minimum Gasteiger partial charge on any atom is -0.366 e. The largest absolute Gasteiger partial charge is 0.366 e. The van der Waals surface area contributed by atoms with Gasteiger partial charge in [-0.25, -0.2) is 9.88 Å². The van der Waals surface area contributed by atoms with E-state index in [4.69, 9.17) is 18.0 Å². The third-order valence-electron chi connectivity index (χ3n) is 4.96. The van der Waals surface area contributed by atoms with Crippen molar-refractivity contribution in [3.8, 4) is 0 Å². The fourth-order valence-corrected chi connectivity index (χ4v) is 4.18. The third-order valence-corrected chi connectivity index (χ3v) is 5.37. The van der Waals surface area contributed by atoms with E-state index in [1.165, 1.54) is 0 Å². The highest BCUT2D eigenvalue weighted by atomic mass is 32.1. The van der Waals surface area contributed by atoms with Crippen molar-refractivity contribution in [1.82, 2.24) is 14.5 Å². The predicted octanol–water partition coefficient (Wildman–Crippen LogP) is 1.89. The average molecular weight is 371 g/mol. The SMILES string of the molecule is CC(C)Cn1c(N2C(=O)[C@@H]3CCCN3C2=S)nc2cc(C(N)=O)ccc21. The van der Waals surface area contributed by atoms with Crippen molar-refractivity contribution < 1.29 is 9.59 Å². The minimum absolute atomic E-state index is 0.0112. The van der Waals surface area contributed by atoms with Crippen molar-refractivity contribution >= 4 is 46.1 Å². The Hall–Kier alpha value is -2.48. The Bertz CT molecular complexity index is 913. The molecular weight excluding hydrogens is 350 g/mol. The first-order valence-corrected chi connectivity index (χ1v) is 9.24. The number of fused-ring (bicyclic) bond motifs is 2. The Kier molecular flexibility index (Phi) is 3.95. The van der Waals surface area contributed by atoms with Gasteiger partial charge in [-0.15, -0.1) is 0 Å². The maximum absolute atomic E-state index is 13.0. The van der Waals surface area contributed by atoms with Gasteiger partial charge in [0.25, 0.3) is 5.91 Å². The number of anilines is 1. The van der Waals surface area contributed by atoms with Gasteiger partial charge >= 0.3 is 0 Å². The monoisotopic (exact) mass is 371 g/mol. The Labute approximate surface area is 156 Å². The fourth-order valence-electron chi connectivity index (χ4n) is 3.79. The molecule has 0 spiro atoms. The zero-order valence-corrected chi connectivity index (χ0v) is 15.6. The van der Waals surface area contributed by atoms with Gasteiger partial charge in [-0.05, 0) is 49.2 Å². The first-order chi connectivity index (χ1) is 12.4. The number of imidazole rings is 1. The van der Waals surface area contributed by atoms with Crippen LogP contribution in [0.25, 0.3) is 11.0 Å². The van der Waals surface area contributed by atoms with Gasteiger partial charge in [-0.3, -0.25) is 9.59 Å². The second-order valence-corrected chi connectivity index (χ2v) is 7.66. The van der Waals surface area contributed by atoms with Crippen molar-refractivity contribution in [1.29, 1.82) is 0 Å². The molecule has 2 aromatic rings. The summed E-state index contributed by atoms with van der Waals surface area (Å²) in [5.74, 6) is 0.371. The normalized spacial score (nSPS) is 19.9. The zero-order chi connectivity index (χ0) is 18.6. The summed E-state index contributed by atoms with van der Waals surface area (Å²) in [6.07, 6.45) is 1.81. The molecule has 2 amide bonds. The zero-order valence-electron chi connectivity index (χ0n) is 14.8. The molecule has 0 unspecified atom stereocenters. The number of carbonyl (C=O) groups is 2. The molecular formula is C18H21N5O2S. The summed E-state index contributed by atoms with van der Waals surface area (Å²) in [4.78, 5) is 32.7. The molecule has 26 heavy (non-hydrogen) atoms. The summed E-state index contributed by atoms with van der Waals surface area (Å²) in [5, 5.41) is 0.521. The molecule has 1 aromatic heterocycles. The maximum atomic E-state index is 13.0. The molecule has 2 saturated heterocycles. The van der Waals surface area contributed by atoms with E-state index >= 15 is 0 Å². The van der Waals surface area contributed by atoms with Gasteiger partial charge in [0.2, 0.25) is 11.9 Å². The van der Waals surface area contributed by atoms with E-state index in [0.29, 0.717) is 34.6 Å². The summed E-state index contributed by atoms with van der Waals surface area (Å²) in [7, 11) is 0. The number of primary amides is 1. The highest BCUT2D eigenvalue weighted by Gasteiger charge is 2.47. The predicted molar refractivity (Wildman–Crippen MR) is 103 cm³/mol. The molecule has 0 aliphatic carbocycles. The van der Waals surface area contributed by atoms with Crippen LogP contribution >= 0.6 is 12.2 Å². The first-order valence-electron chi connectivity index (χ1n) is 8.83. The molecule has 136 valence electrons. The topological polar surface area (TPSA) is 84.5 Å². The van der Waals surface area contributed by atoms with E-state index in [2.05, 4.69) is 18.8 Å². The average Bonchev–Trinajstić information content (AvgIpc) is 3.24. The van der Waals surface area contributed by atoms with Gasteiger partial charge in [0.1, 0.15) is 6.04 Å². The van der Waals surface area contributed by atoms with Crippen molar-refractivity contribution in [3.63, 3.8) is 0 Å². The number of rotatable bonds is 4. The van der Waals surface area contributed by atoms with E-state index < -0.39 is 5.91 Å². The van der Waals surface area contributed by atoms with Gasteiger partial charge in [-0.2, -0.15) is 0 Å². The van der Waals surface area contributed by atoms with Crippen LogP contribution in [0.15, 0.2) is 18.2 Å². The van der Waals surface area contributed by atoms with Crippen molar-refractivity contribution in [2.45, 2.75) is 39.3 Å². The smallest absolute Gasteiger partial charge is 0.258 e. The number of hydrogen-bond acceptors (Lipinski definition) is 4. The second kappa shape index (κ2) is 6.05. The minimum atomic E-state index is -0.500. The molecule has 0 bridgehead atoms. The highest BCUT2D eigenvalue weighted by molar-refractivity contribution is 7.80. The van der Waals surface area contributed by atoms with E-state index in [0.717, 1.165) is 24.9 Å². The Morgan fingerprint density at radius 1 is 1.42 bits per heavy atom. The second-order valence-electron chi connectivity index (χ2n) is 7.29. The number of thiocarbonyl (C=S) groups is 1. The maximum Gasteiger partial charge on any atom is 0.258 e. The van der Waals surface area contributed by atoms with Crippen LogP contribution in [-0.4, -0.2) is 44.0 Å². The molecule has 4 rings (SSSR count). The van der Waals surface area contributed by atoms with Gasteiger partial charge in [0.15, 0.2) is 5.11 Å². The number of nitrogens with zero attached hydrogens (tertiary/aromatic N) is 4. The molecule has 1 atom stereocenters. The number of nitrogens with two attached hydrogens (primary N) is 1. The van der Waals surface area contributed by atoms with Gasteiger partial charge in [0.05, 0.1) is 11.0 Å². The molecule has 2 N–H and O–H groups in total. The quantitative estimate of drug-likeness (QED) is 0.830. The Morgan fingerprint density at radius 2 is 2.19 bits per heavy atom. The summed E-state index contributed by atoms with van der Waals surface area (Å²) in [6.45, 7) is 5.71. The summed E-state index contributed by atoms with van der Waals surface area (Å²) in [5.41, 5.74) is 7.29. The third kappa shape index (κ3) is 2.47. The molecule has 1 aromatic carbocycles. The van der Waals surface area contributed by atoms with Crippen LogP contribution in [0.1, 0.15) is 37.0 Å². The van der Waals surface area contributed by atoms with Crippen LogP contribution in [0.3, 0.4) is 0 Å². The van der Waals surface area contributed by atoms with E-state index in [1.54, 1.807) is 17.0 Å². The number of hydrogen-bond donors (Lipinski definition) is 1. The van der Waals surface area contributed by atoms with Crippen LogP contribution < -0.4 is 10.6 Å². The molecule has 0 radical (unpaired) electrons. The summed E-state index contributed by atoms with van der Waals surface area (Å²) in [6, 6.07) is 5.02. The molecule has 3 heterocycles. The molecule has 2 aliphatic heterocycles. The number of benzene rings is 1. The van der Waals surface area contributed by atoms with E-state index in [1.807, 2.05) is 15.5 Å². The number of carbonyl (C=O) groups excluding carboxylic acids is 2. The molecule has 8 heteroatoms. The number of aromatic nitrogens is 2. The standard InChI is InChI=1S/C18H21N5O2S/c1-10(2)9-22-13-6-5-11(15(19)24)8-12(13)20-17(22)23-16(25)14-4-3-7-21(14)18(23)26/h5-6,8,10,14H,3-4,7,9H2,1-2H3,(H2,19,24)/t14-/m0/s1. The van der Waals surface area contributed by atoms with Crippen molar-refractivity contribution in [2.24, 2.45) is 11.7 Å². The first kappa shape index (κ1) is 17.0. The van der Waals surface area contributed by atoms with E-state index in [9.17, 15) is 9.59 Å². The lowest BCUT2D eigenvalue weighted by molar-refractivity contribution is -0.119. The summed E-state index contributed by atoms with van der Waals surface area (Å²) >= 11 is 5.59. The Balaban J connectivity index is 1.86. The van der Waals surface area contributed by atoms with Gasteiger partial charge < -0.3 is 15.2 Å². The van der Waals surface area contributed by atoms with Gasteiger partial charge in [-0.1, -0.05) is 13.8 Å². The molecule has 2 aliphatic rings. The van der Waals surface area contributed by atoms with Crippen LogP contribution in [-0.2, 0) is 11.3 Å². The van der Waals surface area contributed by atoms with Gasteiger partial charge in [0, 0.05) is 18.7 Å².